The highest BCUT2D eigenvalue weighted by Gasteiger charge is 2.38. The van der Waals surface area contributed by atoms with Crippen molar-refractivity contribution in [1.29, 1.82) is 5.26 Å². The summed E-state index contributed by atoms with van der Waals surface area (Å²) in [6.07, 6.45) is 4.00. The Balaban J connectivity index is 0.940. The summed E-state index contributed by atoms with van der Waals surface area (Å²) in [5, 5.41) is 36.2. The minimum Gasteiger partial charge on any atom is -0.445 e. The Kier molecular flexibility index (Phi) is 20.3. The molecule has 5 heterocycles. The number of carbonyl (C=O) groups is 7. The molecule has 0 spiro atoms. The highest BCUT2D eigenvalue weighted by Crippen LogP contribution is 2.34. The number of urea groups is 1. The number of nitrogens with one attached hydrogen (secondary N) is 5. The van der Waals surface area contributed by atoms with E-state index >= 15 is 0 Å². The van der Waals surface area contributed by atoms with Crippen molar-refractivity contribution in [3.05, 3.63) is 70.6 Å². The van der Waals surface area contributed by atoms with E-state index in [0.717, 1.165) is 26.1 Å². The fraction of sp³-hybridized carbons (Fsp3) is 0.480. The number of nitrogens with two attached hydrogens (primary N) is 1. The summed E-state index contributed by atoms with van der Waals surface area (Å²) in [7, 11) is 4.23. The van der Waals surface area contributed by atoms with Crippen molar-refractivity contribution in [2.24, 2.45) is 11.7 Å². The zero-order valence-corrected chi connectivity index (χ0v) is 44.9. The van der Waals surface area contributed by atoms with Gasteiger partial charge in [-0.2, -0.15) is 15.3 Å². The summed E-state index contributed by atoms with van der Waals surface area (Å²) in [6.45, 7) is 2.24. The molecule has 4 aromatic rings. The number of carbonyl (C=O) groups excluding carboxylic acids is 7. The van der Waals surface area contributed by atoms with Crippen LogP contribution in [0.2, 0.25) is 0 Å². The van der Waals surface area contributed by atoms with Gasteiger partial charge in [-0.25, -0.2) is 24.6 Å². The Morgan fingerprint density at radius 1 is 0.923 bits per heavy atom. The third kappa shape index (κ3) is 15.2. The average Bonchev–Trinajstić information content (AvgIpc) is 3.97. The maximum atomic E-state index is 14.8. The van der Waals surface area contributed by atoms with E-state index in [9.17, 15) is 48.7 Å². The quantitative estimate of drug-likeness (QED) is 0.0455. The van der Waals surface area contributed by atoms with Gasteiger partial charge in [-0.15, -0.1) is 0 Å². The number of aliphatic hydroxyl groups is 1. The molecule has 2 aromatic carbocycles. The van der Waals surface area contributed by atoms with E-state index in [4.69, 9.17) is 20.4 Å². The molecule has 1 radical (unpaired) electrons. The van der Waals surface area contributed by atoms with E-state index in [1.54, 1.807) is 43.4 Å². The molecule has 78 heavy (non-hydrogen) atoms. The summed E-state index contributed by atoms with van der Waals surface area (Å²) in [4.78, 5) is 124. The summed E-state index contributed by atoms with van der Waals surface area (Å²) in [5.41, 5.74) is 7.28. The second-order valence-electron chi connectivity index (χ2n) is 19.2. The van der Waals surface area contributed by atoms with Crippen molar-refractivity contribution < 1.29 is 43.4 Å². The first-order valence-electron chi connectivity index (χ1n) is 25.5. The number of anilines is 5. The van der Waals surface area contributed by atoms with E-state index in [1.165, 1.54) is 32.8 Å². The number of amides is 8. The number of benzene rings is 2. The number of nitriles is 1. The molecule has 3 fully saturated rings. The number of likely N-dealkylation sites (N-methyl/N-ethyl adjacent to an activating group) is 2. The molecular weight excluding hydrogens is 1080 g/mol. The lowest BCUT2D eigenvalue weighted by molar-refractivity contribution is -0.140. The molecule has 3 saturated heterocycles. The molecule has 26 nitrogen and oxygen atoms in total. The molecule has 413 valence electrons. The van der Waals surface area contributed by atoms with Crippen LogP contribution < -0.4 is 47.1 Å². The highest BCUT2D eigenvalue weighted by atomic mass is 79.9. The first-order valence-corrected chi connectivity index (χ1v) is 26.7. The van der Waals surface area contributed by atoms with Crippen LogP contribution in [0.15, 0.2) is 59.5 Å². The number of ether oxygens (including phenoxy) is 1. The highest BCUT2D eigenvalue weighted by molar-refractivity contribution is 9.09. The Labute approximate surface area is 458 Å². The number of alkyl halides is 1. The minimum atomic E-state index is -1.14. The number of aromatic nitrogens is 4. The number of fused-ring (bicyclic) bond motifs is 1. The van der Waals surface area contributed by atoms with Gasteiger partial charge >= 0.3 is 19.7 Å². The molecule has 3 aliphatic rings. The second-order valence-corrected chi connectivity index (χ2v) is 19.8. The first-order chi connectivity index (χ1) is 37.5. The van der Waals surface area contributed by atoms with Crippen LogP contribution in [0.1, 0.15) is 56.9 Å². The number of hydrogen-bond acceptors (Lipinski definition) is 17. The van der Waals surface area contributed by atoms with Crippen LogP contribution in [0.3, 0.4) is 0 Å². The largest absolute Gasteiger partial charge is 0.445 e. The first kappa shape index (κ1) is 57.8. The number of piperidine rings is 2. The molecule has 2 unspecified atom stereocenters. The van der Waals surface area contributed by atoms with Crippen molar-refractivity contribution in [2.45, 2.75) is 76.2 Å². The number of hydrogen-bond donors (Lipinski definition) is 7. The van der Waals surface area contributed by atoms with Crippen molar-refractivity contribution in [2.75, 3.05) is 91.8 Å². The number of likely N-dealkylation sites (tertiary alicyclic amines) is 1. The molecular formula is C50H63BBrN16O10. The van der Waals surface area contributed by atoms with E-state index in [-0.39, 0.29) is 66.7 Å². The molecule has 0 bridgehead atoms. The van der Waals surface area contributed by atoms with E-state index in [0.29, 0.717) is 81.2 Å². The maximum absolute atomic E-state index is 14.8. The van der Waals surface area contributed by atoms with Crippen LogP contribution in [0.5, 0.6) is 0 Å². The van der Waals surface area contributed by atoms with Crippen molar-refractivity contribution in [3.63, 3.8) is 0 Å². The molecule has 28 heteroatoms. The predicted molar refractivity (Wildman–Crippen MR) is 291 cm³/mol. The monoisotopic (exact) mass is 1140 g/mol. The Hall–Kier alpha value is -7.90. The molecule has 7 rings (SSSR count). The summed E-state index contributed by atoms with van der Waals surface area (Å²) in [6, 6.07) is 13.4. The van der Waals surface area contributed by atoms with Crippen LogP contribution >= 0.6 is 15.9 Å². The maximum Gasteiger partial charge on any atom is 0.409 e. The molecule has 2 aromatic heterocycles. The minimum absolute atomic E-state index is 0.00963. The van der Waals surface area contributed by atoms with Gasteiger partial charge in [-0.3, -0.25) is 28.8 Å². The molecule has 0 aliphatic carbocycles. The summed E-state index contributed by atoms with van der Waals surface area (Å²) in [5.74, 6) is -2.28. The molecule has 8 amide bonds. The number of nitrogens with zero attached hydrogens (tertiary/aromatic N) is 10. The Morgan fingerprint density at radius 3 is 2.29 bits per heavy atom. The lowest BCUT2D eigenvalue weighted by Crippen LogP contribution is -2.56. The van der Waals surface area contributed by atoms with Gasteiger partial charge in [0.05, 0.1) is 42.0 Å². The van der Waals surface area contributed by atoms with Gasteiger partial charge in [-0.1, -0.05) is 28.1 Å². The van der Waals surface area contributed by atoms with Crippen molar-refractivity contribution >= 4 is 105 Å². The molecule has 0 saturated carbocycles. The second kappa shape index (κ2) is 27.4. The fourth-order valence-electron chi connectivity index (χ4n) is 9.27. The standard InChI is InChI=1S/C50H63BBrN16O10/c1-63(49(76)68(35-11-9-34(10-12-35)65-22-16-36(69)17-23-65)44-43-38(28-56-62-46(43)74)58-48(59-44)66-20-14-31(13-18-53)15-21-66)24-25-64(2)50(77)78-30-32-5-7-33(8-6-32)57-42(72)29-55-45(73)39-4-3-19-67(39)47(75)37(26-40(54)70)60-51-61-41(71)27-52/h5-12,28,31,36-37,39,60,69H,3-4,13-17,19-27,29-30H2,1-2H3,(H2,54,70)(H,55,73)(H,57,72)(H,61,71)(H,62,74). The smallest absolute Gasteiger partial charge is 0.409 e. The van der Waals surface area contributed by atoms with Crippen LogP contribution in [0, 0.1) is 17.2 Å². The molecule has 8 N–H and O–H groups in total. The molecule has 2 atom stereocenters. The number of primary amides is 1. The van der Waals surface area contributed by atoms with Crippen molar-refractivity contribution in [3.8, 4) is 6.07 Å². The number of aliphatic hydroxyl groups excluding tert-OH is 1. The summed E-state index contributed by atoms with van der Waals surface area (Å²) < 4.78 is 5.58. The zero-order chi connectivity index (χ0) is 55.9. The number of H-pyrrole nitrogens is 1. The van der Waals surface area contributed by atoms with E-state index in [1.807, 2.05) is 17.0 Å². The Morgan fingerprint density at radius 2 is 1.62 bits per heavy atom. The van der Waals surface area contributed by atoms with Gasteiger partial charge in [-0.05, 0) is 86.4 Å². The van der Waals surface area contributed by atoms with E-state index < -0.39 is 65.8 Å². The van der Waals surface area contributed by atoms with Gasteiger partial charge < -0.3 is 61.2 Å². The fourth-order valence-corrected chi connectivity index (χ4v) is 9.44. The predicted octanol–water partition coefficient (Wildman–Crippen LogP) is 1.19. The average molecular weight is 1140 g/mol. The topological polar surface area (TPSA) is 338 Å². The third-order valence-electron chi connectivity index (χ3n) is 13.7. The Bertz CT molecular complexity index is 2900. The van der Waals surface area contributed by atoms with Gasteiger partial charge in [0.25, 0.3) is 5.56 Å². The van der Waals surface area contributed by atoms with Gasteiger partial charge in [0, 0.05) is 84.1 Å². The number of rotatable bonds is 21. The van der Waals surface area contributed by atoms with Crippen molar-refractivity contribution in [1.82, 2.24) is 50.6 Å². The SMILES string of the molecule is CN(CCN(C)C(=O)N(c1ccc(N2CCC(O)CC2)cc1)c1nc(N2CCC(CC#N)CC2)nc2cn[nH]c(=O)c12)C(=O)OCc1ccc(NC(=O)CNC(=O)C2CCCN2C(=O)C(CC(N)=O)N[B]NC(=O)CBr)cc1. The van der Waals surface area contributed by atoms with E-state index in [2.05, 4.69) is 58.2 Å². The van der Waals surface area contributed by atoms with Gasteiger partial charge in [0.15, 0.2) is 5.82 Å². The normalized spacial score (nSPS) is 16.1. The number of aromatic amines is 1. The zero-order valence-electron chi connectivity index (χ0n) is 43.4. The molecule has 3 aliphatic heterocycles. The third-order valence-corrected chi connectivity index (χ3v) is 14.2. The van der Waals surface area contributed by atoms with Gasteiger partial charge in [0.2, 0.25) is 35.5 Å². The van der Waals surface area contributed by atoms with Crippen LogP contribution in [0.4, 0.5) is 38.4 Å². The van der Waals surface area contributed by atoms with Crippen LogP contribution in [0.25, 0.3) is 10.9 Å². The van der Waals surface area contributed by atoms with Gasteiger partial charge in [0.1, 0.15) is 23.6 Å². The lowest BCUT2D eigenvalue weighted by Gasteiger charge is -2.33. The summed E-state index contributed by atoms with van der Waals surface area (Å²) >= 11 is 3.01. The number of halogens is 1. The lowest BCUT2D eigenvalue weighted by atomic mass is 9.94. The van der Waals surface area contributed by atoms with Crippen LogP contribution in [-0.2, 0) is 35.3 Å². The van der Waals surface area contributed by atoms with Crippen LogP contribution in [-0.4, -0.2) is 179 Å².